The van der Waals surface area contributed by atoms with Crippen LogP contribution >= 0.6 is 0 Å². The molecular weight excluding hydrogens is 246 g/mol. The summed E-state index contributed by atoms with van der Waals surface area (Å²) >= 11 is 0. The summed E-state index contributed by atoms with van der Waals surface area (Å²) in [6.07, 6.45) is 0. The van der Waals surface area contributed by atoms with Gasteiger partial charge in [-0.25, -0.2) is 0 Å². The average Bonchev–Trinajstić information content (AvgIpc) is 2.45. The monoisotopic (exact) mass is 269 g/mol. The summed E-state index contributed by atoms with van der Waals surface area (Å²) in [6, 6.07) is 15.2. The summed E-state index contributed by atoms with van der Waals surface area (Å²) in [5, 5.41) is 3.57. The van der Waals surface area contributed by atoms with Crippen molar-refractivity contribution in [3.63, 3.8) is 0 Å². The Morgan fingerprint density at radius 3 is 2.10 bits per heavy atom. The molecule has 2 aromatic carbocycles. The fourth-order valence-corrected chi connectivity index (χ4v) is 2.75. The summed E-state index contributed by atoms with van der Waals surface area (Å²) in [6.45, 7) is 7.27. The lowest BCUT2D eigenvalue weighted by Crippen LogP contribution is -2.22. The second-order valence-electron chi connectivity index (χ2n) is 5.09. The molecule has 0 saturated heterocycles. The van der Waals surface area contributed by atoms with Crippen LogP contribution in [-0.4, -0.2) is 13.7 Å². The molecule has 1 atom stereocenters. The van der Waals surface area contributed by atoms with E-state index < -0.39 is 0 Å². The van der Waals surface area contributed by atoms with E-state index in [2.05, 4.69) is 68.6 Å². The molecule has 0 aliphatic heterocycles. The van der Waals surface area contributed by atoms with Crippen LogP contribution in [0.3, 0.4) is 0 Å². The number of benzene rings is 2. The Morgan fingerprint density at radius 1 is 1.00 bits per heavy atom. The van der Waals surface area contributed by atoms with Crippen LogP contribution in [0.5, 0.6) is 5.75 Å². The maximum atomic E-state index is 5.46. The van der Waals surface area contributed by atoms with E-state index in [1.807, 2.05) is 0 Å². The number of hydrogen-bond donors (Lipinski definition) is 1. The predicted molar refractivity (Wildman–Crippen MR) is 84.4 cm³/mol. The zero-order valence-electron chi connectivity index (χ0n) is 12.7. The summed E-state index contributed by atoms with van der Waals surface area (Å²) in [4.78, 5) is 0. The van der Waals surface area contributed by atoms with Gasteiger partial charge in [0.25, 0.3) is 0 Å². The number of nitrogens with one attached hydrogen (secondary N) is 1. The molecule has 20 heavy (non-hydrogen) atoms. The highest BCUT2D eigenvalue weighted by molar-refractivity contribution is 5.46. The van der Waals surface area contributed by atoms with E-state index in [0.29, 0.717) is 0 Å². The number of ether oxygens (including phenoxy) is 1. The molecule has 2 rings (SSSR count). The van der Waals surface area contributed by atoms with E-state index >= 15 is 0 Å². The molecule has 0 saturated carbocycles. The number of rotatable bonds is 5. The van der Waals surface area contributed by atoms with Gasteiger partial charge in [-0.05, 0) is 42.6 Å². The van der Waals surface area contributed by atoms with Crippen molar-refractivity contribution in [1.29, 1.82) is 0 Å². The molecule has 1 unspecified atom stereocenters. The first kappa shape index (κ1) is 14.6. The molecule has 0 aromatic heterocycles. The lowest BCUT2D eigenvalue weighted by Gasteiger charge is -2.21. The van der Waals surface area contributed by atoms with Crippen LogP contribution < -0.4 is 10.1 Å². The van der Waals surface area contributed by atoms with Gasteiger partial charge in [0, 0.05) is 0 Å². The molecule has 2 heteroatoms. The van der Waals surface area contributed by atoms with E-state index in [9.17, 15) is 0 Å². The highest BCUT2D eigenvalue weighted by Crippen LogP contribution is 2.30. The minimum absolute atomic E-state index is 0.226. The first-order valence-electron chi connectivity index (χ1n) is 7.10. The molecule has 0 heterocycles. The molecule has 0 bridgehead atoms. The quantitative estimate of drug-likeness (QED) is 0.885. The smallest absolute Gasteiger partial charge is 0.124 e. The van der Waals surface area contributed by atoms with Gasteiger partial charge in [-0.3, -0.25) is 0 Å². The Bertz CT molecular complexity index is 540. The second-order valence-corrected chi connectivity index (χ2v) is 5.09. The van der Waals surface area contributed by atoms with Crippen LogP contribution in [0.15, 0.2) is 42.5 Å². The molecule has 2 aromatic rings. The largest absolute Gasteiger partial charge is 0.496 e. The third-order valence-corrected chi connectivity index (χ3v) is 3.56. The minimum atomic E-state index is 0.226. The Hall–Kier alpha value is -1.80. The summed E-state index contributed by atoms with van der Waals surface area (Å²) in [5.41, 5.74) is 4.94. The van der Waals surface area contributed by atoms with E-state index in [-0.39, 0.29) is 6.04 Å². The minimum Gasteiger partial charge on any atom is -0.496 e. The number of hydrogen-bond acceptors (Lipinski definition) is 2. The molecular formula is C18H23NO. The molecule has 0 spiro atoms. The Balaban J connectivity index is 2.45. The van der Waals surface area contributed by atoms with Crippen molar-refractivity contribution < 1.29 is 4.74 Å². The zero-order chi connectivity index (χ0) is 14.5. The molecule has 0 radical (unpaired) electrons. The van der Waals surface area contributed by atoms with Crippen molar-refractivity contribution in [3.8, 4) is 5.75 Å². The third-order valence-electron chi connectivity index (χ3n) is 3.56. The lowest BCUT2D eigenvalue weighted by atomic mass is 9.95. The van der Waals surface area contributed by atoms with E-state index in [1.165, 1.54) is 22.3 Å². The molecule has 0 aliphatic carbocycles. The maximum Gasteiger partial charge on any atom is 0.124 e. The molecule has 0 fully saturated rings. The fraction of sp³-hybridized carbons (Fsp3) is 0.333. The van der Waals surface area contributed by atoms with Crippen LogP contribution in [0.2, 0.25) is 0 Å². The van der Waals surface area contributed by atoms with Crippen molar-refractivity contribution in [2.75, 3.05) is 13.7 Å². The number of methoxy groups -OCH3 is 1. The van der Waals surface area contributed by atoms with E-state index in [1.54, 1.807) is 7.11 Å². The molecule has 1 N–H and O–H groups in total. The van der Waals surface area contributed by atoms with Gasteiger partial charge >= 0.3 is 0 Å². The van der Waals surface area contributed by atoms with Crippen LogP contribution in [-0.2, 0) is 0 Å². The Labute approximate surface area is 121 Å². The normalized spacial score (nSPS) is 12.2. The topological polar surface area (TPSA) is 21.3 Å². The Kier molecular flexibility index (Phi) is 4.80. The van der Waals surface area contributed by atoms with E-state index in [0.717, 1.165) is 12.3 Å². The van der Waals surface area contributed by atoms with E-state index in [4.69, 9.17) is 4.74 Å². The lowest BCUT2D eigenvalue weighted by molar-refractivity contribution is 0.408. The molecule has 106 valence electrons. The summed E-state index contributed by atoms with van der Waals surface area (Å²) in [5.74, 6) is 0.983. The highest BCUT2D eigenvalue weighted by atomic mass is 16.5. The van der Waals surface area contributed by atoms with Crippen LogP contribution in [0, 0.1) is 13.8 Å². The SMILES string of the molecule is CCNC(c1ccccc1)c1cc(C)c(OC)c(C)c1. The van der Waals surface area contributed by atoms with Gasteiger partial charge in [0.15, 0.2) is 0 Å². The molecule has 2 nitrogen and oxygen atoms in total. The van der Waals surface area contributed by atoms with Gasteiger partial charge in [-0.15, -0.1) is 0 Å². The van der Waals surface area contributed by atoms with Crippen molar-refractivity contribution in [1.82, 2.24) is 5.32 Å². The average molecular weight is 269 g/mol. The Morgan fingerprint density at radius 2 is 1.60 bits per heavy atom. The van der Waals surface area contributed by atoms with Gasteiger partial charge in [-0.1, -0.05) is 49.4 Å². The molecule has 0 amide bonds. The maximum absolute atomic E-state index is 5.46. The first-order chi connectivity index (χ1) is 9.67. The number of aryl methyl sites for hydroxylation is 2. The highest BCUT2D eigenvalue weighted by Gasteiger charge is 2.15. The van der Waals surface area contributed by atoms with Crippen molar-refractivity contribution in [3.05, 3.63) is 64.7 Å². The van der Waals surface area contributed by atoms with Gasteiger partial charge in [0.05, 0.1) is 13.2 Å². The standard InChI is InChI=1S/C18H23NO/c1-5-19-17(15-9-7-6-8-10-15)16-11-13(2)18(20-4)14(3)12-16/h6-12,17,19H,5H2,1-4H3. The van der Waals surface area contributed by atoms with Gasteiger partial charge in [-0.2, -0.15) is 0 Å². The zero-order valence-corrected chi connectivity index (χ0v) is 12.7. The third kappa shape index (κ3) is 3.02. The van der Waals surface area contributed by atoms with Gasteiger partial charge < -0.3 is 10.1 Å². The predicted octanol–water partition coefficient (Wildman–Crippen LogP) is 4.01. The van der Waals surface area contributed by atoms with Crippen molar-refractivity contribution in [2.24, 2.45) is 0 Å². The van der Waals surface area contributed by atoms with Crippen LogP contribution in [0.1, 0.15) is 35.2 Å². The van der Waals surface area contributed by atoms with Gasteiger partial charge in [0.2, 0.25) is 0 Å². The first-order valence-corrected chi connectivity index (χ1v) is 7.10. The second kappa shape index (κ2) is 6.58. The van der Waals surface area contributed by atoms with Crippen molar-refractivity contribution in [2.45, 2.75) is 26.8 Å². The summed E-state index contributed by atoms with van der Waals surface area (Å²) in [7, 11) is 1.73. The fourth-order valence-electron chi connectivity index (χ4n) is 2.75. The van der Waals surface area contributed by atoms with Crippen molar-refractivity contribution >= 4 is 0 Å². The van der Waals surface area contributed by atoms with Gasteiger partial charge in [0.1, 0.15) is 5.75 Å². The van der Waals surface area contributed by atoms with Crippen LogP contribution in [0.25, 0.3) is 0 Å². The van der Waals surface area contributed by atoms with Crippen LogP contribution in [0.4, 0.5) is 0 Å². The summed E-state index contributed by atoms with van der Waals surface area (Å²) < 4.78 is 5.46. The molecule has 0 aliphatic rings.